The van der Waals surface area contributed by atoms with Gasteiger partial charge in [-0.2, -0.15) is 4.68 Å². The van der Waals surface area contributed by atoms with Gasteiger partial charge in [-0.1, -0.05) is 45.3 Å². The van der Waals surface area contributed by atoms with Crippen LogP contribution in [0.15, 0.2) is 80.9 Å². The number of tetrazole rings is 1. The summed E-state index contributed by atoms with van der Waals surface area (Å²) < 4.78 is 20.8. The van der Waals surface area contributed by atoms with Crippen molar-refractivity contribution in [2.45, 2.75) is 26.5 Å². The lowest BCUT2D eigenvalue weighted by Gasteiger charge is -2.29. The van der Waals surface area contributed by atoms with Crippen molar-refractivity contribution in [1.82, 2.24) is 20.2 Å². The van der Waals surface area contributed by atoms with Crippen molar-refractivity contribution in [3.8, 4) is 17.2 Å². The number of fused-ring (bicyclic) bond motifs is 1. The minimum absolute atomic E-state index is 0.326. The number of ether oxygens (including phenoxy) is 3. The monoisotopic (exact) mass is 668 g/mol. The summed E-state index contributed by atoms with van der Waals surface area (Å²) in [4.78, 5) is 13.8. The van der Waals surface area contributed by atoms with E-state index in [1.807, 2.05) is 68.4 Å². The van der Waals surface area contributed by atoms with E-state index in [4.69, 9.17) is 14.2 Å². The number of amides is 1. The molecule has 1 aliphatic rings. The number of anilines is 2. The standard InChI is InChI=1S/C28H26Br2N6O4/c1-4-39-22-11-6-5-10-21(22)32-27(37)24-16(2)31-28-33-34-35-36(28)25(24)18-13-20(30)26(23(14-18)38-3)40-15-17-8-7-9-19(29)12-17/h5-14,25H,4,15H2,1-3H3,(H,32,37)(H,31,33,35). The largest absolute Gasteiger partial charge is 0.493 e. The number of nitrogens with zero attached hydrogens (tertiary/aromatic N) is 4. The van der Waals surface area contributed by atoms with Gasteiger partial charge in [0.05, 0.1) is 29.4 Å². The van der Waals surface area contributed by atoms with Crippen molar-refractivity contribution in [2.24, 2.45) is 0 Å². The first-order valence-electron chi connectivity index (χ1n) is 12.4. The molecule has 206 valence electrons. The summed E-state index contributed by atoms with van der Waals surface area (Å²) in [5.74, 6) is 1.70. The van der Waals surface area contributed by atoms with Gasteiger partial charge in [0.15, 0.2) is 11.5 Å². The number of halogens is 2. The second kappa shape index (κ2) is 12.1. The summed E-state index contributed by atoms with van der Waals surface area (Å²) in [5.41, 5.74) is 3.32. The van der Waals surface area contributed by atoms with E-state index in [9.17, 15) is 4.79 Å². The molecule has 0 bridgehead atoms. The van der Waals surface area contributed by atoms with Gasteiger partial charge in [-0.25, -0.2) is 0 Å². The molecule has 0 aliphatic carbocycles. The molecule has 40 heavy (non-hydrogen) atoms. The second-order valence-corrected chi connectivity index (χ2v) is 10.6. The molecule has 0 saturated heterocycles. The van der Waals surface area contributed by atoms with Gasteiger partial charge in [-0.05, 0) is 87.7 Å². The molecule has 4 aromatic rings. The van der Waals surface area contributed by atoms with Gasteiger partial charge in [0.25, 0.3) is 5.91 Å². The molecular formula is C28H26Br2N6O4. The third-order valence-corrected chi connectivity index (χ3v) is 7.32. The summed E-state index contributed by atoms with van der Waals surface area (Å²) in [7, 11) is 1.57. The lowest BCUT2D eigenvalue weighted by Crippen LogP contribution is -2.31. The average Bonchev–Trinajstić information content (AvgIpc) is 3.40. The molecule has 1 aromatic heterocycles. The highest BCUT2D eigenvalue weighted by atomic mass is 79.9. The molecule has 2 heterocycles. The van der Waals surface area contributed by atoms with E-state index >= 15 is 0 Å². The minimum Gasteiger partial charge on any atom is -0.493 e. The molecular weight excluding hydrogens is 644 g/mol. The van der Waals surface area contributed by atoms with E-state index in [2.05, 4.69) is 58.0 Å². The molecule has 1 amide bonds. The summed E-state index contributed by atoms with van der Waals surface area (Å²) in [5, 5.41) is 18.2. The first-order valence-corrected chi connectivity index (χ1v) is 14.0. The molecule has 5 rings (SSSR count). The fourth-order valence-electron chi connectivity index (χ4n) is 4.48. The Morgan fingerprint density at radius 2 is 1.90 bits per heavy atom. The van der Waals surface area contributed by atoms with Crippen LogP contribution in [0.3, 0.4) is 0 Å². The van der Waals surface area contributed by atoms with E-state index in [0.29, 0.717) is 57.8 Å². The lowest BCUT2D eigenvalue weighted by atomic mass is 9.94. The number of hydrogen-bond donors (Lipinski definition) is 2. The highest BCUT2D eigenvalue weighted by Gasteiger charge is 2.35. The number of carbonyl (C=O) groups is 1. The van der Waals surface area contributed by atoms with E-state index in [-0.39, 0.29) is 5.91 Å². The summed E-state index contributed by atoms with van der Waals surface area (Å²) in [6.45, 7) is 4.51. The third kappa shape index (κ3) is 5.68. The quantitative estimate of drug-likeness (QED) is 0.220. The van der Waals surface area contributed by atoms with E-state index in [0.717, 1.165) is 15.6 Å². The molecule has 10 nitrogen and oxygen atoms in total. The molecule has 1 unspecified atom stereocenters. The number of carbonyl (C=O) groups excluding carboxylic acids is 1. The number of aromatic nitrogens is 4. The number of nitrogens with one attached hydrogen (secondary N) is 2. The highest BCUT2D eigenvalue weighted by molar-refractivity contribution is 9.10. The van der Waals surface area contributed by atoms with Crippen LogP contribution in [-0.4, -0.2) is 39.8 Å². The summed E-state index contributed by atoms with van der Waals surface area (Å²) in [6.07, 6.45) is 0. The van der Waals surface area contributed by atoms with Gasteiger partial charge in [-0.3, -0.25) is 4.79 Å². The number of allylic oxidation sites excluding steroid dienone is 1. The molecule has 0 radical (unpaired) electrons. The SMILES string of the molecule is CCOc1ccccc1NC(=O)C1=C(C)Nc2nnnn2C1c1cc(Br)c(OCc2cccc(Br)c2)c(OC)c1. The van der Waals surface area contributed by atoms with Crippen LogP contribution in [-0.2, 0) is 11.4 Å². The smallest absolute Gasteiger partial charge is 0.255 e. The van der Waals surface area contributed by atoms with Crippen molar-refractivity contribution in [2.75, 3.05) is 24.4 Å². The Morgan fingerprint density at radius 3 is 2.67 bits per heavy atom. The molecule has 3 aromatic carbocycles. The zero-order valence-electron chi connectivity index (χ0n) is 21.9. The molecule has 2 N–H and O–H groups in total. The van der Waals surface area contributed by atoms with Gasteiger partial charge in [0, 0.05) is 10.2 Å². The predicted molar refractivity (Wildman–Crippen MR) is 158 cm³/mol. The number of methoxy groups -OCH3 is 1. The van der Waals surface area contributed by atoms with Crippen LogP contribution in [0.5, 0.6) is 17.2 Å². The van der Waals surface area contributed by atoms with E-state index in [1.54, 1.807) is 17.9 Å². The molecule has 0 spiro atoms. The Kier molecular flexibility index (Phi) is 8.36. The van der Waals surface area contributed by atoms with Crippen molar-refractivity contribution in [3.63, 3.8) is 0 Å². The first kappa shape index (κ1) is 27.7. The van der Waals surface area contributed by atoms with Crippen LogP contribution in [0.1, 0.15) is 31.0 Å². The van der Waals surface area contributed by atoms with Crippen molar-refractivity contribution >= 4 is 49.4 Å². The van der Waals surface area contributed by atoms with Crippen LogP contribution in [0.4, 0.5) is 11.6 Å². The van der Waals surface area contributed by atoms with Gasteiger partial charge >= 0.3 is 0 Å². The number of hydrogen-bond acceptors (Lipinski definition) is 8. The van der Waals surface area contributed by atoms with Crippen molar-refractivity contribution in [1.29, 1.82) is 0 Å². The van der Waals surface area contributed by atoms with Gasteiger partial charge < -0.3 is 24.8 Å². The van der Waals surface area contributed by atoms with Crippen LogP contribution in [0.2, 0.25) is 0 Å². The number of benzene rings is 3. The first-order chi connectivity index (χ1) is 19.4. The van der Waals surface area contributed by atoms with Gasteiger partial charge in [0.1, 0.15) is 18.4 Å². The maximum absolute atomic E-state index is 13.8. The second-order valence-electron chi connectivity index (χ2n) is 8.85. The Morgan fingerprint density at radius 1 is 1.07 bits per heavy atom. The van der Waals surface area contributed by atoms with Crippen LogP contribution < -0.4 is 24.8 Å². The molecule has 12 heteroatoms. The predicted octanol–water partition coefficient (Wildman–Crippen LogP) is 6.11. The van der Waals surface area contributed by atoms with Crippen LogP contribution >= 0.6 is 31.9 Å². The average molecular weight is 670 g/mol. The normalized spacial score (nSPS) is 14.3. The fraction of sp³-hybridized carbons (Fsp3) is 0.214. The van der Waals surface area contributed by atoms with Crippen LogP contribution in [0, 0.1) is 0 Å². The van der Waals surface area contributed by atoms with Crippen LogP contribution in [0.25, 0.3) is 0 Å². The van der Waals surface area contributed by atoms with E-state index < -0.39 is 6.04 Å². The summed E-state index contributed by atoms with van der Waals surface area (Å²) in [6, 6.07) is 18.2. The maximum atomic E-state index is 13.8. The molecule has 0 fully saturated rings. The van der Waals surface area contributed by atoms with Gasteiger partial charge in [-0.15, -0.1) is 0 Å². The Balaban J connectivity index is 1.51. The van der Waals surface area contributed by atoms with Gasteiger partial charge in [0.2, 0.25) is 5.95 Å². The Bertz CT molecular complexity index is 1590. The van der Waals surface area contributed by atoms with Crippen molar-refractivity contribution < 1.29 is 19.0 Å². The zero-order valence-corrected chi connectivity index (χ0v) is 25.1. The Hall–Kier alpha value is -3.90. The van der Waals surface area contributed by atoms with E-state index in [1.165, 1.54) is 0 Å². The summed E-state index contributed by atoms with van der Waals surface area (Å²) >= 11 is 7.14. The lowest BCUT2D eigenvalue weighted by molar-refractivity contribution is -0.113. The zero-order chi connectivity index (χ0) is 28.2. The molecule has 1 aliphatic heterocycles. The Labute approximate surface area is 248 Å². The van der Waals surface area contributed by atoms with Crippen molar-refractivity contribution in [3.05, 3.63) is 92.0 Å². The molecule has 1 atom stereocenters. The minimum atomic E-state index is -0.658. The third-order valence-electron chi connectivity index (χ3n) is 6.23. The number of para-hydroxylation sites is 2. The number of rotatable bonds is 9. The molecule has 0 saturated carbocycles. The topological polar surface area (TPSA) is 112 Å². The maximum Gasteiger partial charge on any atom is 0.255 e. The highest BCUT2D eigenvalue weighted by Crippen LogP contribution is 2.43. The fourth-order valence-corrected chi connectivity index (χ4v) is 5.50.